The lowest BCUT2D eigenvalue weighted by molar-refractivity contribution is -0.139. The quantitative estimate of drug-likeness (QED) is 0.776. The van der Waals surface area contributed by atoms with E-state index in [0.717, 1.165) is 25.7 Å². The number of carbonyl (C=O) groups is 2. The summed E-state index contributed by atoms with van der Waals surface area (Å²) in [5.74, 6) is -0.274. The summed E-state index contributed by atoms with van der Waals surface area (Å²) >= 11 is 0. The van der Waals surface area contributed by atoms with Crippen molar-refractivity contribution in [2.45, 2.75) is 57.5 Å². The van der Waals surface area contributed by atoms with Gasteiger partial charge in [0.15, 0.2) is 0 Å². The number of carbonyl (C=O) groups excluding carboxylic acids is 2. The number of nitrogens with one attached hydrogen (secondary N) is 1. The Morgan fingerprint density at radius 1 is 1.28 bits per heavy atom. The van der Waals surface area contributed by atoms with Gasteiger partial charge in [-0.25, -0.2) is 0 Å². The van der Waals surface area contributed by atoms with Crippen LogP contribution in [-0.2, 0) is 9.59 Å². The Bertz CT molecular complexity index is 328. The first-order valence-corrected chi connectivity index (χ1v) is 6.49. The molecular formula is C13H25N3O2. The number of rotatable bonds is 3. The van der Waals surface area contributed by atoms with Crippen molar-refractivity contribution < 1.29 is 9.59 Å². The third-order valence-electron chi connectivity index (χ3n) is 3.16. The summed E-state index contributed by atoms with van der Waals surface area (Å²) in [6.07, 6.45) is 3.42. The van der Waals surface area contributed by atoms with Crippen molar-refractivity contribution in [3.05, 3.63) is 0 Å². The second kappa shape index (κ2) is 5.26. The van der Waals surface area contributed by atoms with Gasteiger partial charge in [0.1, 0.15) is 0 Å². The molecule has 1 fully saturated rings. The Kier molecular flexibility index (Phi) is 4.37. The fourth-order valence-electron chi connectivity index (χ4n) is 2.34. The van der Waals surface area contributed by atoms with Crippen molar-refractivity contribution in [3.8, 4) is 0 Å². The Balaban J connectivity index is 2.52. The predicted octanol–water partition coefficient (Wildman–Crippen LogP) is 0.631. The molecule has 104 valence electrons. The summed E-state index contributed by atoms with van der Waals surface area (Å²) in [4.78, 5) is 25.4. The highest BCUT2D eigenvalue weighted by Gasteiger charge is 2.39. The van der Waals surface area contributed by atoms with Crippen LogP contribution in [-0.4, -0.2) is 41.4 Å². The Hall–Kier alpha value is -1.10. The number of amides is 2. The van der Waals surface area contributed by atoms with Gasteiger partial charge in [0, 0.05) is 12.6 Å². The van der Waals surface area contributed by atoms with E-state index >= 15 is 0 Å². The van der Waals surface area contributed by atoms with Gasteiger partial charge in [-0.2, -0.15) is 0 Å². The highest BCUT2D eigenvalue weighted by atomic mass is 16.2. The molecule has 1 rings (SSSR count). The normalized spacial score (nSPS) is 18.5. The molecule has 0 saturated heterocycles. The van der Waals surface area contributed by atoms with Gasteiger partial charge in [0.05, 0.1) is 12.1 Å². The van der Waals surface area contributed by atoms with Crippen LogP contribution in [0, 0.1) is 0 Å². The minimum atomic E-state index is -0.753. The van der Waals surface area contributed by atoms with Gasteiger partial charge in [-0.05, 0) is 33.6 Å². The van der Waals surface area contributed by atoms with Crippen LogP contribution in [0.2, 0.25) is 0 Å². The first kappa shape index (κ1) is 15.0. The molecule has 0 atom stereocenters. The topological polar surface area (TPSA) is 75.4 Å². The van der Waals surface area contributed by atoms with E-state index in [1.54, 1.807) is 7.05 Å². The fraction of sp³-hybridized carbons (Fsp3) is 0.846. The third kappa shape index (κ3) is 3.98. The Morgan fingerprint density at radius 2 is 1.78 bits per heavy atom. The van der Waals surface area contributed by atoms with E-state index in [9.17, 15) is 9.59 Å². The first-order chi connectivity index (χ1) is 8.14. The van der Waals surface area contributed by atoms with Crippen LogP contribution >= 0.6 is 0 Å². The smallest absolute Gasteiger partial charge is 0.242 e. The second-order valence-electron chi connectivity index (χ2n) is 6.32. The van der Waals surface area contributed by atoms with Crippen LogP contribution in [0.1, 0.15) is 46.5 Å². The molecular weight excluding hydrogens is 230 g/mol. The molecule has 1 aliphatic rings. The van der Waals surface area contributed by atoms with E-state index in [1.807, 2.05) is 20.8 Å². The van der Waals surface area contributed by atoms with Gasteiger partial charge in [-0.1, -0.05) is 12.8 Å². The first-order valence-electron chi connectivity index (χ1n) is 6.49. The van der Waals surface area contributed by atoms with Crippen LogP contribution in [0.25, 0.3) is 0 Å². The van der Waals surface area contributed by atoms with Crippen LogP contribution < -0.4 is 11.1 Å². The van der Waals surface area contributed by atoms with Crippen molar-refractivity contribution in [1.82, 2.24) is 10.2 Å². The molecule has 0 bridgehead atoms. The highest BCUT2D eigenvalue weighted by Crippen LogP contribution is 2.28. The van der Waals surface area contributed by atoms with Gasteiger partial charge in [-0.15, -0.1) is 0 Å². The molecule has 0 aromatic heterocycles. The summed E-state index contributed by atoms with van der Waals surface area (Å²) in [5, 5.41) is 2.83. The summed E-state index contributed by atoms with van der Waals surface area (Å²) in [6.45, 7) is 5.80. The van der Waals surface area contributed by atoms with E-state index < -0.39 is 5.54 Å². The maximum Gasteiger partial charge on any atom is 0.242 e. The zero-order chi connectivity index (χ0) is 14.0. The maximum atomic E-state index is 12.2. The van der Waals surface area contributed by atoms with Gasteiger partial charge in [0.2, 0.25) is 11.8 Å². The standard InChI is InChI=1S/C13H25N3O2/c1-12(2,3)15-10(17)9-16(4)11(18)13(14)7-5-6-8-13/h5-9,14H2,1-4H3,(H,15,17). The summed E-state index contributed by atoms with van der Waals surface area (Å²) in [6, 6.07) is 0. The molecule has 0 aromatic carbocycles. The van der Waals surface area contributed by atoms with E-state index in [2.05, 4.69) is 5.32 Å². The van der Waals surface area contributed by atoms with E-state index in [-0.39, 0.29) is 23.9 Å². The average Bonchev–Trinajstić information content (AvgIpc) is 2.62. The largest absolute Gasteiger partial charge is 0.350 e. The van der Waals surface area contributed by atoms with Gasteiger partial charge < -0.3 is 16.0 Å². The molecule has 3 N–H and O–H groups in total. The number of nitrogens with zero attached hydrogens (tertiary/aromatic N) is 1. The molecule has 0 unspecified atom stereocenters. The number of hydrogen-bond donors (Lipinski definition) is 2. The molecule has 0 aliphatic heterocycles. The van der Waals surface area contributed by atoms with Gasteiger partial charge in [0.25, 0.3) is 0 Å². The van der Waals surface area contributed by atoms with Crippen molar-refractivity contribution in [2.75, 3.05) is 13.6 Å². The zero-order valence-corrected chi connectivity index (χ0v) is 11.9. The predicted molar refractivity (Wildman–Crippen MR) is 70.9 cm³/mol. The van der Waals surface area contributed by atoms with Crippen LogP contribution in [0.4, 0.5) is 0 Å². The van der Waals surface area contributed by atoms with Gasteiger partial charge in [-0.3, -0.25) is 9.59 Å². The number of nitrogens with two attached hydrogens (primary N) is 1. The number of hydrogen-bond acceptors (Lipinski definition) is 3. The van der Waals surface area contributed by atoms with Crippen LogP contribution in [0.15, 0.2) is 0 Å². The lowest BCUT2D eigenvalue weighted by Crippen LogP contribution is -2.55. The zero-order valence-electron chi connectivity index (χ0n) is 11.9. The van der Waals surface area contributed by atoms with Crippen LogP contribution in [0.5, 0.6) is 0 Å². The summed E-state index contributed by atoms with van der Waals surface area (Å²) in [5.41, 5.74) is 5.05. The third-order valence-corrected chi connectivity index (χ3v) is 3.16. The molecule has 2 amide bonds. The molecule has 5 nitrogen and oxygen atoms in total. The maximum absolute atomic E-state index is 12.2. The van der Waals surface area contributed by atoms with Crippen molar-refractivity contribution >= 4 is 11.8 Å². The van der Waals surface area contributed by atoms with Crippen LogP contribution in [0.3, 0.4) is 0 Å². The fourth-order valence-corrected chi connectivity index (χ4v) is 2.34. The van der Waals surface area contributed by atoms with Gasteiger partial charge >= 0.3 is 0 Å². The summed E-state index contributed by atoms with van der Waals surface area (Å²) in [7, 11) is 1.64. The Morgan fingerprint density at radius 3 is 2.22 bits per heavy atom. The monoisotopic (exact) mass is 255 g/mol. The summed E-state index contributed by atoms with van der Waals surface area (Å²) < 4.78 is 0. The SMILES string of the molecule is CN(CC(=O)NC(C)(C)C)C(=O)C1(N)CCCC1. The number of likely N-dealkylation sites (N-methyl/N-ethyl adjacent to an activating group) is 1. The molecule has 0 heterocycles. The molecule has 0 spiro atoms. The van der Waals surface area contributed by atoms with E-state index in [1.165, 1.54) is 4.90 Å². The van der Waals surface area contributed by atoms with Crippen molar-refractivity contribution in [1.29, 1.82) is 0 Å². The molecule has 5 heteroatoms. The molecule has 18 heavy (non-hydrogen) atoms. The molecule has 0 aromatic rings. The second-order valence-corrected chi connectivity index (χ2v) is 6.32. The van der Waals surface area contributed by atoms with Crippen molar-refractivity contribution in [2.24, 2.45) is 5.73 Å². The highest BCUT2D eigenvalue weighted by molar-refractivity contribution is 5.90. The molecule has 1 aliphatic carbocycles. The lowest BCUT2D eigenvalue weighted by Gasteiger charge is -2.29. The lowest BCUT2D eigenvalue weighted by atomic mass is 9.97. The molecule has 0 radical (unpaired) electrons. The average molecular weight is 255 g/mol. The Labute approximate surface area is 109 Å². The van der Waals surface area contributed by atoms with E-state index in [0.29, 0.717) is 0 Å². The van der Waals surface area contributed by atoms with E-state index in [4.69, 9.17) is 5.73 Å². The molecule has 1 saturated carbocycles. The minimum absolute atomic E-state index is 0.0645. The minimum Gasteiger partial charge on any atom is -0.350 e. The van der Waals surface area contributed by atoms with Crippen molar-refractivity contribution in [3.63, 3.8) is 0 Å².